The Bertz CT molecular complexity index is 537. The van der Waals surface area contributed by atoms with Crippen LogP contribution in [0, 0.1) is 23.0 Å². The lowest BCUT2D eigenvalue weighted by molar-refractivity contribution is 0.541. The van der Waals surface area contributed by atoms with Gasteiger partial charge in [-0.25, -0.2) is 17.2 Å². The third kappa shape index (κ3) is 2.74. The SMILES string of the molecule is CC(C#N)NS(=O)(=O)c1ccc(F)cc1F. The van der Waals surface area contributed by atoms with Gasteiger partial charge in [0.2, 0.25) is 10.0 Å². The van der Waals surface area contributed by atoms with Crippen LogP contribution in [0.5, 0.6) is 0 Å². The quantitative estimate of drug-likeness (QED) is 0.869. The van der Waals surface area contributed by atoms with Gasteiger partial charge in [-0.2, -0.15) is 9.98 Å². The van der Waals surface area contributed by atoms with Gasteiger partial charge in [-0.05, 0) is 19.1 Å². The lowest BCUT2D eigenvalue weighted by Gasteiger charge is -2.08. The van der Waals surface area contributed by atoms with Crippen LogP contribution < -0.4 is 4.72 Å². The Morgan fingerprint density at radius 2 is 2.06 bits per heavy atom. The van der Waals surface area contributed by atoms with Crippen LogP contribution in [0.25, 0.3) is 0 Å². The van der Waals surface area contributed by atoms with Gasteiger partial charge >= 0.3 is 0 Å². The van der Waals surface area contributed by atoms with Crippen molar-refractivity contribution in [1.82, 2.24) is 4.72 Å². The molecular formula is C9H8F2N2O2S. The second-order valence-electron chi connectivity index (χ2n) is 3.05. The Kier molecular flexibility index (Phi) is 3.57. The summed E-state index contributed by atoms with van der Waals surface area (Å²) in [7, 11) is -4.13. The third-order valence-electron chi connectivity index (χ3n) is 1.71. The summed E-state index contributed by atoms with van der Waals surface area (Å²) < 4.78 is 50.7. The molecule has 0 saturated carbocycles. The molecule has 1 rings (SSSR count). The second kappa shape index (κ2) is 4.55. The maximum Gasteiger partial charge on any atom is 0.244 e. The number of nitriles is 1. The minimum absolute atomic E-state index is 0.464. The van der Waals surface area contributed by atoms with E-state index in [1.807, 2.05) is 4.72 Å². The molecule has 1 N–H and O–H groups in total. The van der Waals surface area contributed by atoms with E-state index in [4.69, 9.17) is 5.26 Å². The molecule has 7 heteroatoms. The number of rotatable bonds is 3. The van der Waals surface area contributed by atoms with Gasteiger partial charge < -0.3 is 0 Å². The van der Waals surface area contributed by atoms with Crippen LogP contribution in [0.2, 0.25) is 0 Å². The Morgan fingerprint density at radius 1 is 1.44 bits per heavy atom. The smallest absolute Gasteiger partial charge is 0.207 e. The maximum atomic E-state index is 13.2. The number of hydrogen-bond acceptors (Lipinski definition) is 3. The average molecular weight is 246 g/mol. The molecule has 0 spiro atoms. The van der Waals surface area contributed by atoms with Crippen molar-refractivity contribution in [2.75, 3.05) is 0 Å². The molecule has 0 radical (unpaired) electrons. The van der Waals surface area contributed by atoms with Gasteiger partial charge in [0.05, 0.1) is 6.07 Å². The van der Waals surface area contributed by atoms with Crippen LogP contribution >= 0.6 is 0 Å². The molecule has 4 nitrogen and oxygen atoms in total. The van der Waals surface area contributed by atoms with Crippen molar-refractivity contribution < 1.29 is 17.2 Å². The lowest BCUT2D eigenvalue weighted by atomic mass is 10.3. The van der Waals surface area contributed by atoms with Gasteiger partial charge in [-0.1, -0.05) is 0 Å². The number of nitrogens with zero attached hydrogens (tertiary/aromatic N) is 1. The van der Waals surface area contributed by atoms with E-state index < -0.39 is 32.6 Å². The summed E-state index contributed by atoms with van der Waals surface area (Å²) in [5, 5.41) is 8.43. The van der Waals surface area contributed by atoms with E-state index in [0.717, 1.165) is 12.1 Å². The van der Waals surface area contributed by atoms with E-state index >= 15 is 0 Å². The topological polar surface area (TPSA) is 70.0 Å². The Balaban J connectivity index is 3.14. The predicted octanol–water partition coefficient (Wildman–Crippen LogP) is 1.16. The highest BCUT2D eigenvalue weighted by Crippen LogP contribution is 2.15. The fourth-order valence-corrected chi connectivity index (χ4v) is 2.22. The summed E-state index contributed by atoms with van der Waals surface area (Å²) in [6, 6.07) is 2.74. The lowest BCUT2D eigenvalue weighted by Crippen LogP contribution is -2.32. The first-order valence-corrected chi connectivity index (χ1v) is 5.72. The molecule has 0 aliphatic heterocycles. The highest BCUT2D eigenvalue weighted by atomic mass is 32.2. The molecule has 16 heavy (non-hydrogen) atoms. The third-order valence-corrected chi connectivity index (χ3v) is 3.28. The van der Waals surface area contributed by atoms with Crippen LogP contribution in [-0.4, -0.2) is 14.5 Å². The van der Waals surface area contributed by atoms with E-state index in [-0.39, 0.29) is 0 Å². The summed E-state index contributed by atoms with van der Waals surface area (Å²) in [5.41, 5.74) is 0. The molecular weight excluding hydrogens is 238 g/mol. The minimum Gasteiger partial charge on any atom is -0.207 e. The number of benzene rings is 1. The van der Waals surface area contributed by atoms with Crippen LogP contribution in [0.15, 0.2) is 23.1 Å². The first-order valence-electron chi connectivity index (χ1n) is 4.24. The molecule has 0 aliphatic rings. The second-order valence-corrected chi connectivity index (χ2v) is 4.73. The van der Waals surface area contributed by atoms with Crippen molar-refractivity contribution in [3.05, 3.63) is 29.8 Å². The molecule has 0 bridgehead atoms. The largest absolute Gasteiger partial charge is 0.244 e. The summed E-state index contributed by atoms with van der Waals surface area (Å²) in [4.78, 5) is -0.684. The van der Waals surface area contributed by atoms with Crippen LogP contribution in [0.3, 0.4) is 0 Å². The molecule has 86 valence electrons. The molecule has 0 aromatic heterocycles. The molecule has 0 saturated heterocycles. The van der Waals surface area contributed by atoms with Crippen LogP contribution in [0.1, 0.15) is 6.92 Å². The summed E-state index contributed by atoms with van der Waals surface area (Å²) >= 11 is 0. The monoisotopic (exact) mass is 246 g/mol. The number of nitrogens with one attached hydrogen (secondary N) is 1. The predicted molar refractivity (Wildman–Crippen MR) is 51.8 cm³/mol. The zero-order chi connectivity index (χ0) is 12.3. The fraction of sp³-hybridized carbons (Fsp3) is 0.222. The average Bonchev–Trinajstić information content (AvgIpc) is 2.16. The van der Waals surface area contributed by atoms with E-state index in [9.17, 15) is 17.2 Å². The van der Waals surface area contributed by atoms with Crippen molar-refractivity contribution in [2.45, 2.75) is 17.9 Å². The zero-order valence-corrected chi connectivity index (χ0v) is 9.05. The summed E-state index contributed by atoms with van der Waals surface area (Å²) in [5.74, 6) is -2.07. The van der Waals surface area contributed by atoms with Gasteiger partial charge in [0.25, 0.3) is 0 Å². The van der Waals surface area contributed by atoms with Crippen molar-refractivity contribution in [2.24, 2.45) is 0 Å². The van der Waals surface area contributed by atoms with E-state index in [1.165, 1.54) is 6.92 Å². The van der Waals surface area contributed by atoms with Gasteiger partial charge in [0.1, 0.15) is 22.6 Å². The van der Waals surface area contributed by atoms with Gasteiger partial charge in [0.15, 0.2) is 0 Å². The van der Waals surface area contributed by atoms with Crippen molar-refractivity contribution >= 4 is 10.0 Å². The van der Waals surface area contributed by atoms with Gasteiger partial charge in [-0.3, -0.25) is 0 Å². The first-order chi connectivity index (χ1) is 7.36. The molecule has 0 amide bonds. The summed E-state index contributed by atoms with van der Waals surface area (Å²) in [6.45, 7) is 1.30. The van der Waals surface area contributed by atoms with E-state index in [2.05, 4.69) is 0 Å². The Labute approximate surface area is 91.6 Å². The number of hydrogen-bond donors (Lipinski definition) is 1. The highest BCUT2D eigenvalue weighted by molar-refractivity contribution is 7.89. The van der Waals surface area contributed by atoms with E-state index in [0.29, 0.717) is 6.07 Å². The minimum atomic E-state index is -4.13. The number of halogens is 2. The van der Waals surface area contributed by atoms with Crippen molar-refractivity contribution in [1.29, 1.82) is 5.26 Å². The first kappa shape index (κ1) is 12.5. The van der Waals surface area contributed by atoms with Crippen molar-refractivity contribution in [3.8, 4) is 6.07 Å². The molecule has 0 aliphatic carbocycles. The zero-order valence-electron chi connectivity index (χ0n) is 8.24. The summed E-state index contributed by atoms with van der Waals surface area (Å²) in [6.07, 6.45) is 0. The molecule has 1 aromatic carbocycles. The Morgan fingerprint density at radius 3 is 2.56 bits per heavy atom. The normalized spacial score (nSPS) is 13.1. The molecule has 1 atom stereocenters. The molecule has 0 fully saturated rings. The Hall–Kier alpha value is -1.52. The van der Waals surface area contributed by atoms with Crippen molar-refractivity contribution in [3.63, 3.8) is 0 Å². The standard InChI is InChI=1S/C9H8F2N2O2S/c1-6(5-12)13-16(14,15)9-3-2-7(10)4-8(9)11/h2-4,6,13H,1H3. The van der Waals surface area contributed by atoms with Crippen LogP contribution in [-0.2, 0) is 10.0 Å². The molecule has 0 heterocycles. The molecule has 1 unspecified atom stereocenters. The van der Waals surface area contributed by atoms with Gasteiger partial charge in [-0.15, -0.1) is 0 Å². The van der Waals surface area contributed by atoms with E-state index in [1.54, 1.807) is 6.07 Å². The molecule has 1 aromatic rings. The number of sulfonamides is 1. The fourth-order valence-electron chi connectivity index (χ4n) is 1.02. The van der Waals surface area contributed by atoms with Crippen LogP contribution in [0.4, 0.5) is 8.78 Å². The maximum absolute atomic E-state index is 13.2. The highest BCUT2D eigenvalue weighted by Gasteiger charge is 2.21. The van der Waals surface area contributed by atoms with Gasteiger partial charge in [0, 0.05) is 6.07 Å².